The van der Waals surface area contributed by atoms with Crippen molar-refractivity contribution in [2.75, 3.05) is 42.6 Å². The van der Waals surface area contributed by atoms with Crippen LogP contribution >= 0.6 is 0 Å². The fraction of sp³-hybridized carbons (Fsp3) is 0.429. The van der Waals surface area contributed by atoms with Crippen molar-refractivity contribution >= 4 is 55.8 Å². The Kier molecular flexibility index (Phi) is 14.2. The van der Waals surface area contributed by atoms with Crippen LogP contribution in [-0.4, -0.2) is 43.5 Å². The van der Waals surface area contributed by atoms with Gasteiger partial charge in [0.1, 0.15) is 40.3 Å². The van der Waals surface area contributed by atoms with E-state index in [9.17, 15) is 9.59 Å². The molecule has 0 radical (unpaired) electrons. The minimum atomic E-state index is -0.493. The summed E-state index contributed by atoms with van der Waals surface area (Å²) in [5, 5.41) is 1.64. The Bertz CT molecular complexity index is 2980. The number of aromatic nitrogens is 1. The van der Waals surface area contributed by atoms with Gasteiger partial charge in [0.25, 0.3) is 0 Å². The van der Waals surface area contributed by atoms with Crippen molar-refractivity contribution in [3.8, 4) is 17.2 Å². The Morgan fingerprint density at radius 2 is 1.18 bits per heavy atom. The smallest absolute Gasteiger partial charge is 0.349 e. The third kappa shape index (κ3) is 9.69. The first-order valence-corrected chi connectivity index (χ1v) is 24.4. The summed E-state index contributed by atoms with van der Waals surface area (Å²) in [6, 6.07) is 27.8. The van der Waals surface area contributed by atoms with Crippen LogP contribution in [0.5, 0.6) is 5.75 Å². The number of hydrogen-bond acceptors (Lipinski definition) is 10. The van der Waals surface area contributed by atoms with Crippen LogP contribution in [-0.2, 0) is 5.41 Å². The zero-order valence-electron chi connectivity index (χ0n) is 40.2. The van der Waals surface area contributed by atoms with E-state index in [1.54, 1.807) is 0 Å². The highest BCUT2D eigenvalue weighted by molar-refractivity contribution is 6.05. The molecule has 66 heavy (non-hydrogen) atoms. The first-order chi connectivity index (χ1) is 32.0. The molecule has 0 fully saturated rings. The second-order valence-corrected chi connectivity index (χ2v) is 18.6. The molecule has 0 saturated carbocycles. The summed E-state index contributed by atoms with van der Waals surface area (Å²) in [7, 11) is 0. The van der Waals surface area contributed by atoms with E-state index in [-0.39, 0.29) is 18.1 Å². The number of unbranched alkanes of at least 4 members (excludes halogenated alkanes) is 2. The molecule has 8 rings (SSSR count). The number of rotatable bonds is 20. The molecule has 10 heteroatoms. The molecule has 0 bridgehead atoms. The minimum absolute atomic E-state index is 0.154. The van der Waals surface area contributed by atoms with Gasteiger partial charge < -0.3 is 27.8 Å². The second kappa shape index (κ2) is 20.1. The fourth-order valence-corrected chi connectivity index (χ4v) is 9.41. The molecule has 3 aromatic heterocycles. The van der Waals surface area contributed by atoms with Gasteiger partial charge in [-0.25, -0.2) is 19.6 Å². The van der Waals surface area contributed by atoms with Crippen LogP contribution in [0.15, 0.2) is 113 Å². The van der Waals surface area contributed by atoms with Crippen molar-refractivity contribution in [2.45, 2.75) is 112 Å². The lowest BCUT2D eigenvalue weighted by molar-refractivity contribution is 0.372. The molecule has 0 spiro atoms. The highest BCUT2D eigenvalue weighted by atomic mass is 16.5. The number of hydrogen-bond donors (Lipinski definition) is 0. The lowest BCUT2D eigenvalue weighted by Gasteiger charge is -2.28. The van der Waals surface area contributed by atoms with E-state index in [1.807, 2.05) is 72.8 Å². The van der Waals surface area contributed by atoms with Gasteiger partial charge in [0, 0.05) is 65.9 Å². The standard InChI is InChI=1S/C56H66N4O6/c1-9-15-17-36(11-3)33-59(13-5)42-23-19-38-27-44(54(61)65-51(38)31-42)48-35-63-49-25-21-40(29-46(49)57-48)56(7,8)41-22-26-50-47(30-41)58-53(64-50)45-28-39-20-24-43(32-52(39)66-55(45)62)60(14-6)34-37(12-4)18-16-10-2/h19-32,36-37H,9-18,33-35H2,1-8H3. The maximum atomic E-state index is 13.6. The summed E-state index contributed by atoms with van der Waals surface area (Å²) >= 11 is 0. The molecule has 346 valence electrons. The van der Waals surface area contributed by atoms with Gasteiger partial charge in [-0.2, -0.15) is 0 Å². The van der Waals surface area contributed by atoms with Gasteiger partial charge in [-0.05, 0) is 110 Å². The maximum Gasteiger partial charge on any atom is 0.349 e. The van der Waals surface area contributed by atoms with Gasteiger partial charge in [0.05, 0.1) is 11.3 Å². The molecule has 4 aromatic carbocycles. The maximum absolute atomic E-state index is 13.6. The molecule has 2 unspecified atom stereocenters. The summed E-state index contributed by atoms with van der Waals surface area (Å²) in [5.41, 5.74) is 6.82. The lowest BCUT2D eigenvalue weighted by atomic mass is 9.78. The summed E-state index contributed by atoms with van der Waals surface area (Å²) < 4.78 is 24.3. The third-order valence-corrected chi connectivity index (χ3v) is 13.9. The second-order valence-electron chi connectivity index (χ2n) is 18.6. The number of aliphatic imine (C=N–C) groups is 1. The molecule has 7 aromatic rings. The van der Waals surface area contributed by atoms with E-state index in [1.165, 1.54) is 38.5 Å². The van der Waals surface area contributed by atoms with Crippen LogP contribution in [0.3, 0.4) is 0 Å². The summed E-state index contributed by atoms with van der Waals surface area (Å²) in [5.74, 6) is 2.11. The van der Waals surface area contributed by atoms with E-state index in [4.69, 9.17) is 28.0 Å². The summed E-state index contributed by atoms with van der Waals surface area (Å²) in [6.45, 7) is 21.5. The van der Waals surface area contributed by atoms with Crippen molar-refractivity contribution in [2.24, 2.45) is 16.8 Å². The Morgan fingerprint density at radius 1 is 0.621 bits per heavy atom. The number of oxazole rings is 1. The molecule has 2 atom stereocenters. The first-order valence-electron chi connectivity index (χ1n) is 24.4. The highest BCUT2D eigenvalue weighted by Crippen LogP contribution is 2.40. The number of benzene rings is 4. The lowest BCUT2D eigenvalue weighted by Crippen LogP contribution is -2.29. The zero-order valence-corrected chi connectivity index (χ0v) is 40.2. The number of nitrogens with zero attached hydrogens (tertiary/aromatic N) is 4. The van der Waals surface area contributed by atoms with Gasteiger partial charge in [-0.1, -0.05) is 92.2 Å². The summed E-state index contributed by atoms with van der Waals surface area (Å²) in [4.78, 5) is 41.6. The van der Waals surface area contributed by atoms with Crippen molar-refractivity contribution in [3.05, 3.63) is 122 Å². The molecule has 0 N–H and O–H groups in total. The largest absolute Gasteiger partial charge is 0.485 e. The highest BCUT2D eigenvalue weighted by Gasteiger charge is 2.28. The minimum Gasteiger partial charge on any atom is -0.485 e. The van der Waals surface area contributed by atoms with Crippen molar-refractivity contribution in [1.82, 2.24) is 4.98 Å². The topological polar surface area (TPSA) is 115 Å². The van der Waals surface area contributed by atoms with Gasteiger partial charge >= 0.3 is 11.3 Å². The predicted octanol–water partition coefficient (Wildman–Crippen LogP) is 13.6. The zero-order chi connectivity index (χ0) is 46.5. The normalized spacial score (nSPS) is 13.7. The fourth-order valence-electron chi connectivity index (χ4n) is 9.41. The summed E-state index contributed by atoms with van der Waals surface area (Å²) in [6.07, 6.45) is 9.58. The quantitative estimate of drug-likeness (QED) is 0.0690. The molecule has 1 aliphatic rings. The average Bonchev–Trinajstić information content (AvgIpc) is 3.76. The molecule has 0 aliphatic carbocycles. The van der Waals surface area contributed by atoms with Crippen LogP contribution in [0.25, 0.3) is 44.5 Å². The van der Waals surface area contributed by atoms with Gasteiger partial charge in [0.2, 0.25) is 5.89 Å². The van der Waals surface area contributed by atoms with E-state index in [0.29, 0.717) is 56.8 Å². The van der Waals surface area contributed by atoms with Crippen molar-refractivity contribution < 1.29 is 18.0 Å². The predicted molar refractivity (Wildman–Crippen MR) is 271 cm³/mol. The molecular formula is C56H66N4O6. The van der Waals surface area contributed by atoms with Crippen LogP contribution in [0, 0.1) is 11.8 Å². The Balaban J connectivity index is 1.02. The van der Waals surface area contributed by atoms with Crippen LogP contribution in [0.4, 0.5) is 17.1 Å². The molecular weight excluding hydrogens is 825 g/mol. The van der Waals surface area contributed by atoms with Crippen LogP contribution in [0.1, 0.15) is 123 Å². The number of ether oxygens (including phenoxy) is 1. The average molecular weight is 891 g/mol. The van der Waals surface area contributed by atoms with E-state index < -0.39 is 16.7 Å². The molecule has 4 heterocycles. The number of fused-ring (bicyclic) bond motifs is 4. The van der Waals surface area contributed by atoms with Crippen molar-refractivity contribution in [1.29, 1.82) is 0 Å². The van der Waals surface area contributed by atoms with Gasteiger partial charge in [-0.15, -0.1) is 0 Å². The van der Waals surface area contributed by atoms with Crippen LogP contribution < -0.4 is 25.8 Å². The molecule has 0 amide bonds. The molecule has 10 nitrogen and oxygen atoms in total. The van der Waals surface area contributed by atoms with Gasteiger partial charge in [-0.3, -0.25) is 0 Å². The Labute approximate surface area is 388 Å². The molecule has 1 aliphatic heterocycles. The Morgan fingerprint density at radius 3 is 1.76 bits per heavy atom. The van der Waals surface area contributed by atoms with Crippen molar-refractivity contribution in [3.63, 3.8) is 0 Å². The first kappa shape index (κ1) is 46.4. The SMILES string of the molecule is CCCCC(CC)CN(CC)c1ccc2cc(C3=Nc4cc(C(C)(C)c5ccc6oc(-c7cc8ccc(N(CC)CC(CC)CCCC)cc8oc7=O)nc6c5)ccc4OC3)c(=O)oc2c1. The van der Waals surface area contributed by atoms with E-state index in [0.717, 1.165) is 72.3 Å². The number of anilines is 2. The molecule has 0 saturated heterocycles. The Hall–Kier alpha value is -6.16. The van der Waals surface area contributed by atoms with Crippen LogP contribution in [0.2, 0.25) is 0 Å². The van der Waals surface area contributed by atoms with E-state index >= 15 is 0 Å². The van der Waals surface area contributed by atoms with Gasteiger partial charge in [0.15, 0.2) is 5.58 Å². The monoisotopic (exact) mass is 890 g/mol. The van der Waals surface area contributed by atoms with E-state index in [2.05, 4.69) is 77.3 Å². The third-order valence-electron chi connectivity index (χ3n) is 13.9.